The van der Waals surface area contributed by atoms with Gasteiger partial charge in [0.25, 0.3) is 5.91 Å². The van der Waals surface area contributed by atoms with Crippen LogP contribution in [0.5, 0.6) is 0 Å². The summed E-state index contributed by atoms with van der Waals surface area (Å²) in [7, 11) is 0. The van der Waals surface area contributed by atoms with E-state index >= 15 is 0 Å². The van der Waals surface area contributed by atoms with Crippen molar-refractivity contribution in [1.29, 1.82) is 0 Å². The predicted molar refractivity (Wildman–Crippen MR) is 96.3 cm³/mol. The van der Waals surface area contributed by atoms with E-state index in [2.05, 4.69) is 20.4 Å². The lowest BCUT2D eigenvalue weighted by atomic mass is 9.75. The molecule has 0 spiro atoms. The molecule has 0 atom stereocenters. The molecule has 8 nitrogen and oxygen atoms in total. The Bertz CT molecular complexity index is 934. The average molecular weight is 352 g/mol. The molecule has 1 amide bonds. The summed E-state index contributed by atoms with van der Waals surface area (Å²) in [6, 6.07) is 5.48. The van der Waals surface area contributed by atoms with Crippen LogP contribution < -0.4 is 11.1 Å². The van der Waals surface area contributed by atoms with Crippen LogP contribution in [0, 0.1) is 11.8 Å². The highest BCUT2D eigenvalue weighted by atomic mass is 16.3. The standard InChI is InChI=1S/C18H20N6O2/c19-17-16-14(18(26)21-8-11-5-12(6-11)9-25)7-15(24(16)23-10-22-17)13-1-3-20-4-2-13/h1-4,7,10-12,25H,5-6,8-9H2,(H,21,26)(H2,19,22,23). The Balaban J connectivity index is 1.63. The highest BCUT2D eigenvalue weighted by Crippen LogP contribution is 2.33. The second kappa shape index (κ2) is 6.72. The Morgan fingerprint density at radius 3 is 2.81 bits per heavy atom. The first-order valence-corrected chi connectivity index (χ1v) is 8.59. The topological polar surface area (TPSA) is 118 Å². The number of anilines is 1. The maximum Gasteiger partial charge on any atom is 0.253 e. The van der Waals surface area contributed by atoms with Crippen LogP contribution in [0.4, 0.5) is 5.82 Å². The Morgan fingerprint density at radius 2 is 2.08 bits per heavy atom. The molecule has 0 unspecified atom stereocenters. The lowest BCUT2D eigenvalue weighted by molar-refractivity contribution is 0.0870. The molecule has 4 N–H and O–H groups in total. The number of rotatable bonds is 5. The van der Waals surface area contributed by atoms with E-state index in [4.69, 9.17) is 10.8 Å². The maximum atomic E-state index is 12.8. The Labute approximate surface area is 150 Å². The molecule has 0 aliphatic heterocycles. The second-order valence-corrected chi connectivity index (χ2v) is 6.68. The molecule has 8 heteroatoms. The molecule has 0 aromatic carbocycles. The first-order valence-electron chi connectivity index (χ1n) is 8.59. The maximum absolute atomic E-state index is 12.8. The van der Waals surface area contributed by atoms with Gasteiger partial charge in [0.1, 0.15) is 11.8 Å². The molecule has 0 radical (unpaired) electrons. The highest BCUT2D eigenvalue weighted by molar-refractivity contribution is 6.05. The summed E-state index contributed by atoms with van der Waals surface area (Å²) < 4.78 is 1.64. The summed E-state index contributed by atoms with van der Waals surface area (Å²) >= 11 is 0. The molecule has 4 rings (SSSR count). The Kier molecular flexibility index (Phi) is 4.26. The number of aliphatic hydroxyl groups excluding tert-OH is 1. The summed E-state index contributed by atoms with van der Waals surface area (Å²) in [6.45, 7) is 0.808. The van der Waals surface area contributed by atoms with Gasteiger partial charge in [0.2, 0.25) is 0 Å². The number of amides is 1. The average Bonchev–Trinajstić information content (AvgIpc) is 3.02. The molecule has 3 aromatic heterocycles. The summed E-state index contributed by atoms with van der Waals surface area (Å²) in [4.78, 5) is 20.8. The van der Waals surface area contributed by atoms with Crippen LogP contribution in [-0.4, -0.2) is 43.7 Å². The van der Waals surface area contributed by atoms with Gasteiger partial charge in [-0.3, -0.25) is 9.78 Å². The first kappa shape index (κ1) is 16.5. The number of hydrogen-bond acceptors (Lipinski definition) is 6. The van der Waals surface area contributed by atoms with E-state index < -0.39 is 0 Å². The van der Waals surface area contributed by atoms with Crippen molar-refractivity contribution in [3.63, 3.8) is 0 Å². The minimum atomic E-state index is -0.197. The van der Waals surface area contributed by atoms with Gasteiger partial charge in [-0.2, -0.15) is 5.10 Å². The molecule has 1 aliphatic carbocycles. The van der Waals surface area contributed by atoms with Crippen molar-refractivity contribution in [2.45, 2.75) is 12.8 Å². The number of pyridine rings is 1. The summed E-state index contributed by atoms with van der Waals surface area (Å²) in [5.74, 6) is 0.846. The first-order chi connectivity index (χ1) is 12.7. The van der Waals surface area contributed by atoms with Crippen molar-refractivity contribution in [2.24, 2.45) is 11.8 Å². The Morgan fingerprint density at radius 1 is 1.31 bits per heavy atom. The van der Waals surface area contributed by atoms with E-state index in [1.165, 1.54) is 6.33 Å². The van der Waals surface area contributed by atoms with Crippen LogP contribution in [-0.2, 0) is 0 Å². The van der Waals surface area contributed by atoms with Crippen LogP contribution in [0.1, 0.15) is 23.2 Å². The zero-order valence-electron chi connectivity index (χ0n) is 14.2. The molecule has 0 saturated heterocycles. The summed E-state index contributed by atoms with van der Waals surface area (Å²) in [6.07, 6.45) is 6.64. The third-order valence-electron chi connectivity index (χ3n) is 4.95. The van der Waals surface area contributed by atoms with E-state index in [-0.39, 0.29) is 18.3 Å². The molecule has 134 valence electrons. The third kappa shape index (κ3) is 2.88. The summed E-state index contributed by atoms with van der Waals surface area (Å²) in [5.41, 5.74) is 8.62. The zero-order valence-corrected chi connectivity index (χ0v) is 14.2. The second-order valence-electron chi connectivity index (χ2n) is 6.68. The Hall–Kier alpha value is -3.00. The number of aromatic nitrogens is 4. The van der Waals surface area contributed by atoms with E-state index in [9.17, 15) is 4.79 Å². The van der Waals surface area contributed by atoms with Crippen LogP contribution in [0.2, 0.25) is 0 Å². The fourth-order valence-electron chi connectivity index (χ4n) is 3.49. The van der Waals surface area contributed by atoms with Crippen LogP contribution in [0.25, 0.3) is 16.8 Å². The SMILES string of the molecule is Nc1ncnn2c(-c3ccncc3)cc(C(=O)NCC3CC(CO)C3)c12. The third-order valence-corrected chi connectivity index (χ3v) is 4.95. The summed E-state index contributed by atoms with van der Waals surface area (Å²) in [5, 5.41) is 16.3. The number of hydrogen-bond donors (Lipinski definition) is 3. The number of nitrogens with two attached hydrogens (primary N) is 1. The number of carbonyl (C=O) groups excluding carboxylic acids is 1. The monoisotopic (exact) mass is 352 g/mol. The molecule has 1 aliphatic rings. The van der Waals surface area contributed by atoms with Gasteiger partial charge in [0, 0.05) is 31.1 Å². The molecule has 0 bridgehead atoms. The fraction of sp³-hybridized carbons (Fsp3) is 0.333. The van der Waals surface area contributed by atoms with Crippen molar-refractivity contribution in [1.82, 2.24) is 24.9 Å². The minimum Gasteiger partial charge on any atom is -0.396 e. The molecular formula is C18H20N6O2. The number of carbonyl (C=O) groups is 1. The minimum absolute atomic E-state index is 0.197. The van der Waals surface area contributed by atoms with Crippen molar-refractivity contribution in [3.05, 3.63) is 42.5 Å². The molecule has 3 heterocycles. The fourth-order valence-corrected chi connectivity index (χ4v) is 3.49. The normalized spacial score (nSPS) is 19.3. The molecule has 1 fully saturated rings. The van der Waals surface area contributed by atoms with Crippen LogP contribution in [0.3, 0.4) is 0 Å². The number of aliphatic hydroxyl groups is 1. The highest BCUT2D eigenvalue weighted by Gasteiger charge is 2.29. The van der Waals surface area contributed by atoms with Gasteiger partial charge >= 0.3 is 0 Å². The van der Waals surface area contributed by atoms with E-state index in [0.717, 1.165) is 24.1 Å². The van der Waals surface area contributed by atoms with Gasteiger partial charge in [-0.05, 0) is 42.9 Å². The van der Waals surface area contributed by atoms with Gasteiger partial charge in [-0.25, -0.2) is 9.50 Å². The number of nitrogens with one attached hydrogen (secondary N) is 1. The van der Waals surface area contributed by atoms with Gasteiger partial charge in [-0.1, -0.05) is 0 Å². The molecule has 1 saturated carbocycles. The number of fused-ring (bicyclic) bond motifs is 1. The molecule has 26 heavy (non-hydrogen) atoms. The molecule has 3 aromatic rings. The van der Waals surface area contributed by atoms with Crippen molar-refractivity contribution in [3.8, 4) is 11.3 Å². The number of nitrogens with zero attached hydrogens (tertiary/aromatic N) is 4. The van der Waals surface area contributed by atoms with Gasteiger partial charge in [-0.15, -0.1) is 0 Å². The largest absolute Gasteiger partial charge is 0.396 e. The lowest BCUT2D eigenvalue weighted by Crippen LogP contribution is -2.37. The van der Waals surface area contributed by atoms with E-state index in [0.29, 0.717) is 29.5 Å². The predicted octanol–water partition coefficient (Wildman–Crippen LogP) is 1.12. The van der Waals surface area contributed by atoms with Crippen LogP contribution in [0.15, 0.2) is 36.9 Å². The quantitative estimate of drug-likeness (QED) is 0.633. The van der Waals surface area contributed by atoms with Crippen molar-refractivity contribution < 1.29 is 9.90 Å². The van der Waals surface area contributed by atoms with Gasteiger partial charge in [0.05, 0.1) is 11.3 Å². The molecular weight excluding hydrogens is 332 g/mol. The van der Waals surface area contributed by atoms with E-state index in [1.54, 1.807) is 23.0 Å². The van der Waals surface area contributed by atoms with Crippen LogP contribution >= 0.6 is 0 Å². The number of nitrogen functional groups attached to an aromatic ring is 1. The lowest BCUT2D eigenvalue weighted by Gasteiger charge is -2.34. The van der Waals surface area contributed by atoms with Gasteiger partial charge in [0.15, 0.2) is 5.82 Å². The van der Waals surface area contributed by atoms with Crippen molar-refractivity contribution >= 4 is 17.2 Å². The zero-order chi connectivity index (χ0) is 18.1. The van der Waals surface area contributed by atoms with E-state index in [1.807, 2.05) is 12.1 Å². The smallest absolute Gasteiger partial charge is 0.253 e. The van der Waals surface area contributed by atoms with Gasteiger partial charge < -0.3 is 16.2 Å². The van der Waals surface area contributed by atoms with Crippen molar-refractivity contribution in [2.75, 3.05) is 18.9 Å².